The Morgan fingerprint density at radius 2 is 1.82 bits per heavy atom. The summed E-state index contributed by atoms with van der Waals surface area (Å²) >= 11 is 0. The third-order valence-electron chi connectivity index (χ3n) is 2.48. The lowest BCUT2D eigenvalue weighted by Gasteiger charge is -2.08. The van der Waals surface area contributed by atoms with Crippen molar-refractivity contribution in [3.63, 3.8) is 0 Å². The number of hydrogen-bond donors (Lipinski definition) is 0. The maximum atomic E-state index is 4.14. The molecule has 0 radical (unpaired) electrons. The molecule has 2 aromatic heterocycles. The van der Waals surface area contributed by atoms with Gasteiger partial charge in [0.25, 0.3) is 0 Å². The first kappa shape index (κ1) is 9.71. The van der Waals surface area contributed by atoms with E-state index in [1.54, 1.807) is 23.7 Å². The Morgan fingerprint density at radius 3 is 2.59 bits per heavy atom. The third-order valence-corrected chi connectivity index (χ3v) is 2.48. The number of para-hydroxylation sites is 1. The molecule has 1 aromatic carbocycles. The molecule has 0 saturated carbocycles. The highest BCUT2D eigenvalue weighted by Gasteiger charge is 2.04. The fourth-order valence-electron chi connectivity index (χ4n) is 1.70. The molecule has 17 heavy (non-hydrogen) atoms. The summed E-state index contributed by atoms with van der Waals surface area (Å²) in [4.78, 5) is 3.96. The van der Waals surface area contributed by atoms with Crippen molar-refractivity contribution in [2.24, 2.45) is 0 Å². The van der Waals surface area contributed by atoms with Gasteiger partial charge in [-0.05, 0) is 11.6 Å². The van der Waals surface area contributed by atoms with Crippen LogP contribution in [0.15, 0.2) is 49.6 Å². The molecule has 0 aliphatic heterocycles. The van der Waals surface area contributed by atoms with E-state index in [4.69, 9.17) is 0 Å². The zero-order chi connectivity index (χ0) is 11.5. The number of nitrogens with zero attached hydrogens (tertiary/aromatic N) is 6. The molecule has 0 fully saturated rings. The van der Waals surface area contributed by atoms with Crippen LogP contribution in [0.2, 0.25) is 0 Å². The van der Waals surface area contributed by atoms with Gasteiger partial charge in [0, 0.05) is 0 Å². The molecule has 0 aliphatic rings. The van der Waals surface area contributed by atoms with Gasteiger partial charge in [0.15, 0.2) is 0 Å². The summed E-state index contributed by atoms with van der Waals surface area (Å²) < 4.78 is 3.66. The van der Waals surface area contributed by atoms with E-state index < -0.39 is 0 Å². The predicted molar refractivity (Wildman–Crippen MR) is 60.5 cm³/mol. The largest absolute Gasteiger partial charge is 0.316 e. The molecule has 3 aromatic rings. The summed E-state index contributed by atoms with van der Waals surface area (Å²) in [6, 6.07) is 8.04. The van der Waals surface area contributed by atoms with Crippen LogP contribution in [0.25, 0.3) is 5.69 Å². The van der Waals surface area contributed by atoms with Crippen LogP contribution < -0.4 is 0 Å². The van der Waals surface area contributed by atoms with Crippen LogP contribution in [0, 0.1) is 0 Å². The standard InChI is InChI=1S/C11H10N6/c1-2-4-11(17-7-12-6-15-17)10(3-1)5-16-8-13-14-9-16/h1-4,6-9H,5H2. The Labute approximate surface area is 97.6 Å². The fourth-order valence-corrected chi connectivity index (χ4v) is 1.70. The Kier molecular flexibility index (Phi) is 2.38. The molecule has 0 unspecified atom stereocenters. The van der Waals surface area contributed by atoms with Crippen molar-refractivity contribution in [2.75, 3.05) is 0 Å². The minimum atomic E-state index is 0.711. The predicted octanol–water partition coefficient (Wildman–Crippen LogP) is 0.907. The molecular weight excluding hydrogens is 216 g/mol. The van der Waals surface area contributed by atoms with Gasteiger partial charge in [-0.1, -0.05) is 18.2 Å². The lowest BCUT2D eigenvalue weighted by Crippen LogP contribution is -2.04. The summed E-state index contributed by atoms with van der Waals surface area (Å²) in [5.74, 6) is 0. The summed E-state index contributed by atoms with van der Waals surface area (Å²) in [7, 11) is 0. The monoisotopic (exact) mass is 226 g/mol. The van der Waals surface area contributed by atoms with Crippen LogP contribution in [0.1, 0.15) is 5.56 Å². The van der Waals surface area contributed by atoms with Crippen LogP contribution in [0.4, 0.5) is 0 Å². The molecule has 2 heterocycles. The molecular formula is C11H10N6. The number of aromatic nitrogens is 6. The Balaban J connectivity index is 1.99. The van der Waals surface area contributed by atoms with Crippen molar-refractivity contribution < 1.29 is 0 Å². The minimum absolute atomic E-state index is 0.711. The van der Waals surface area contributed by atoms with E-state index in [2.05, 4.69) is 26.3 Å². The molecule has 0 atom stereocenters. The molecule has 0 aliphatic carbocycles. The van der Waals surface area contributed by atoms with Crippen LogP contribution >= 0.6 is 0 Å². The first-order valence-electron chi connectivity index (χ1n) is 5.19. The van der Waals surface area contributed by atoms with Gasteiger partial charge in [0.1, 0.15) is 25.3 Å². The van der Waals surface area contributed by atoms with Crippen molar-refractivity contribution in [1.82, 2.24) is 29.5 Å². The van der Waals surface area contributed by atoms with Gasteiger partial charge in [0.05, 0.1) is 12.2 Å². The summed E-state index contributed by atoms with van der Waals surface area (Å²) in [6.07, 6.45) is 6.59. The van der Waals surface area contributed by atoms with Gasteiger partial charge in [0.2, 0.25) is 0 Å². The molecule has 0 N–H and O–H groups in total. The van der Waals surface area contributed by atoms with Crippen molar-refractivity contribution in [1.29, 1.82) is 0 Å². The first-order chi connectivity index (χ1) is 8.43. The normalized spacial score (nSPS) is 10.6. The molecule has 0 saturated heterocycles. The average molecular weight is 226 g/mol. The van der Waals surface area contributed by atoms with Gasteiger partial charge in [-0.15, -0.1) is 10.2 Å². The molecule has 0 spiro atoms. The lowest BCUT2D eigenvalue weighted by atomic mass is 10.2. The zero-order valence-corrected chi connectivity index (χ0v) is 9.01. The highest BCUT2D eigenvalue weighted by Crippen LogP contribution is 2.13. The second-order valence-corrected chi connectivity index (χ2v) is 3.60. The van der Waals surface area contributed by atoms with E-state index in [-0.39, 0.29) is 0 Å². The van der Waals surface area contributed by atoms with E-state index in [0.717, 1.165) is 11.3 Å². The lowest BCUT2D eigenvalue weighted by molar-refractivity contribution is 0.771. The van der Waals surface area contributed by atoms with Crippen LogP contribution in [-0.4, -0.2) is 29.5 Å². The maximum absolute atomic E-state index is 4.14. The van der Waals surface area contributed by atoms with Crippen molar-refractivity contribution in [3.8, 4) is 5.69 Å². The van der Waals surface area contributed by atoms with Gasteiger partial charge in [-0.25, -0.2) is 9.67 Å². The van der Waals surface area contributed by atoms with Crippen molar-refractivity contribution >= 4 is 0 Å². The van der Waals surface area contributed by atoms with Crippen LogP contribution in [0.3, 0.4) is 0 Å². The minimum Gasteiger partial charge on any atom is -0.316 e. The molecule has 3 rings (SSSR count). The first-order valence-corrected chi connectivity index (χ1v) is 5.19. The second kappa shape index (κ2) is 4.17. The number of rotatable bonds is 3. The summed E-state index contributed by atoms with van der Waals surface area (Å²) in [5, 5.41) is 11.7. The summed E-state index contributed by atoms with van der Waals surface area (Å²) in [6.45, 7) is 0.711. The van der Waals surface area contributed by atoms with Gasteiger partial charge in [-0.3, -0.25) is 0 Å². The number of benzene rings is 1. The molecule has 6 heteroatoms. The van der Waals surface area contributed by atoms with E-state index in [1.165, 1.54) is 6.33 Å². The Bertz CT molecular complexity index is 584. The van der Waals surface area contributed by atoms with Gasteiger partial charge in [-0.2, -0.15) is 5.10 Å². The van der Waals surface area contributed by atoms with E-state index >= 15 is 0 Å². The fraction of sp³-hybridized carbons (Fsp3) is 0.0909. The topological polar surface area (TPSA) is 61.4 Å². The highest BCUT2D eigenvalue weighted by atomic mass is 15.3. The second-order valence-electron chi connectivity index (χ2n) is 3.60. The average Bonchev–Trinajstić information content (AvgIpc) is 3.01. The van der Waals surface area contributed by atoms with E-state index in [0.29, 0.717) is 6.54 Å². The molecule has 0 amide bonds. The van der Waals surface area contributed by atoms with Crippen LogP contribution in [0.5, 0.6) is 0 Å². The smallest absolute Gasteiger partial charge is 0.138 e. The highest BCUT2D eigenvalue weighted by molar-refractivity contribution is 5.39. The SMILES string of the molecule is c1ccc(-n2cncn2)c(Cn2cnnc2)c1. The van der Waals surface area contributed by atoms with Gasteiger partial charge < -0.3 is 4.57 Å². The molecule has 0 bridgehead atoms. The number of hydrogen-bond acceptors (Lipinski definition) is 4. The quantitative estimate of drug-likeness (QED) is 0.666. The van der Waals surface area contributed by atoms with Crippen LogP contribution in [-0.2, 0) is 6.54 Å². The van der Waals surface area contributed by atoms with Crippen molar-refractivity contribution in [2.45, 2.75) is 6.54 Å². The maximum Gasteiger partial charge on any atom is 0.138 e. The third kappa shape index (κ3) is 1.92. The Morgan fingerprint density at radius 1 is 1.00 bits per heavy atom. The molecule has 6 nitrogen and oxygen atoms in total. The Hall–Kier alpha value is -2.50. The summed E-state index contributed by atoms with van der Waals surface area (Å²) in [5.41, 5.74) is 2.15. The zero-order valence-electron chi connectivity index (χ0n) is 9.01. The molecule has 84 valence electrons. The van der Waals surface area contributed by atoms with E-state index in [9.17, 15) is 0 Å². The van der Waals surface area contributed by atoms with E-state index in [1.807, 2.05) is 22.8 Å². The van der Waals surface area contributed by atoms with Gasteiger partial charge >= 0.3 is 0 Å². The van der Waals surface area contributed by atoms with Crippen molar-refractivity contribution in [3.05, 3.63) is 55.1 Å².